The highest BCUT2D eigenvalue weighted by Gasteiger charge is 2.09. The molecule has 0 saturated heterocycles. The van der Waals surface area contributed by atoms with Crippen LogP contribution in [0.25, 0.3) is 0 Å². The number of benzene rings is 2. The van der Waals surface area contributed by atoms with Gasteiger partial charge in [-0.3, -0.25) is 4.79 Å². The van der Waals surface area contributed by atoms with Crippen LogP contribution in [0.2, 0.25) is 0 Å². The minimum absolute atomic E-state index is 0.169. The number of rotatable bonds is 19. The van der Waals surface area contributed by atoms with Gasteiger partial charge < -0.3 is 36.5 Å². The monoisotopic (exact) mass is 536 g/mol. The van der Waals surface area contributed by atoms with E-state index < -0.39 is 0 Å². The van der Waals surface area contributed by atoms with Crippen LogP contribution in [0.4, 0.5) is 23.5 Å². The third-order valence-corrected chi connectivity index (χ3v) is 5.56. The zero-order valence-corrected chi connectivity index (χ0v) is 22.6. The normalized spacial score (nSPS) is 10.7. The van der Waals surface area contributed by atoms with Gasteiger partial charge in [-0.1, -0.05) is 43.7 Å². The van der Waals surface area contributed by atoms with Crippen molar-refractivity contribution in [3.8, 4) is 0 Å². The third kappa shape index (κ3) is 11.6. The van der Waals surface area contributed by atoms with Crippen LogP contribution >= 0.6 is 0 Å². The Hall–Kier alpha value is -3.80. The maximum Gasteiger partial charge on any atom is 0.251 e. The molecule has 11 heteroatoms. The second-order valence-electron chi connectivity index (χ2n) is 8.72. The van der Waals surface area contributed by atoms with Crippen molar-refractivity contribution in [2.45, 2.75) is 26.2 Å². The number of amides is 1. The number of anilines is 4. The topological polar surface area (TPSA) is 148 Å². The van der Waals surface area contributed by atoms with Crippen molar-refractivity contribution in [1.29, 1.82) is 0 Å². The Bertz CT molecular complexity index is 1100. The molecule has 1 aromatic heterocycles. The SMILES string of the molecule is CCCCNc1nc(NCCc2ccccc2)nc(Nc2ccc(C(=O)NCCOCCOCCN)cc2)n1. The highest BCUT2D eigenvalue weighted by Crippen LogP contribution is 2.17. The molecule has 0 saturated carbocycles. The van der Waals surface area contributed by atoms with Gasteiger partial charge in [0.2, 0.25) is 17.8 Å². The summed E-state index contributed by atoms with van der Waals surface area (Å²) in [6.07, 6.45) is 2.94. The van der Waals surface area contributed by atoms with E-state index in [1.54, 1.807) is 12.1 Å². The highest BCUT2D eigenvalue weighted by atomic mass is 16.5. The number of aromatic nitrogens is 3. The Morgan fingerprint density at radius 3 is 2.15 bits per heavy atom. The summed E-state index contributed by atoms with van der Waals surface area (Å²) in [5, 5.41) is 12.6. The molecule has 11 nitrogen and oxygen atoms in total. The molecule has 0 bridgehead atoms. The molecular formula is C28H40N8O3. The van der Waals surface area contributed by atoms with Crippen molar-refractivity contribution < 1.29 is 14.3 Å². The van der Waals surface area contributed by atoms with Gasteiger partial charge in [0.25, 0.3) is 5.91 Å². The number of carbonyl (C=O) groups excluding carboxylic acids is 1. The van der Waals surface area contributed by atoms with Gasteiger partial charge in [0, 0.05) is 37.4 Å². The second-order valence-corrected chi connectivity index (χ2v) is 8.72. The Morgan fingerprint density at radius 1 is 0.795 bits per heavy atom. The standard InChI is InChI=1S/C28H40N8O3/c1-2-3-15-31-26-34-27(32-16-13-22-7-5-4-6-8-22)36-28(35-26)33-24-11-9-23(10-12-24)25(37)30-17-19-39-21-20-38-18-14-29/h4-12H,2-3,13-21,29H2,1H3,(H,30,37)(H3,31,32,33,34,35,36). The van der Waals surface area contributed by atoms with E-state index in [9.17, 15) is 4.79 Å². The van der Waals surface area contributed by atoms with Crippen LogP contribution in [-0.2, 0) is 15.9 Å². The number of nitrogens with zero attached hydrogens (tertiary/aromatic N) is 3. The van der Waals surface area contributed by atoms with Gasteiger partial charge in [0.15, 0.2) is 0 Å². The predicted octanol–water partition coefficient (Wildman–Crippen LogP) is 3.20. The lowest BCUT2D eigenvalue weighted by atomic mass is 10.1. The molecule has 0 fully saturated rings. The summed E-state index contributed by atoms with van der Waals surface area (Å²) in [5.74, 6) is 1.24. The summed E-state index contributed by atoms with van der Waals surface area (Å²) in [7, 11) is 0. The molecular weight excluding hydrogens is 496 g/mol. The lowest BCUT2D eigenvalue weighted by Gasteiger charge is -2.12. The molecule has 3 rings (SSSR count). The van der Waals surface area contributed by atoms with E-state index in [2.05, 4.69) is 55.3 Å². The van der Waals surface area contributed by atoms with Crippen LogP contribution in [0.5, 0.6) is 0 Å². The van der Waals surface area contributed by atoms with Crippen LogP contribution in [0.3, 0.4) is 0 Å². The first kappa shape index (κ1) is 29.8. The third-order valence-electron chi connectivity index (χ3n) is 5.56. The molecule has 0 aliphatic carbocycles. The molecule has 0 spiro atoms. The van der Waals surface area contributed by atoms with E-state index in [0.29, 0.717) is 69.5 Å². The van der Waals surface area contributed by atoms with Crippen LogP contribution in [0, 0.1) is 0 Å². The molecule has 1 heterocycles. The Morgan fingerprint density at radius 2 is 1.46 bits per heavy atom. The minimum Gasteiger partial charge on any atom is -0.378 e. The largest absolute Gasteiger partial charge is 0.378 e. The summed E-state index contributed by atoms with van der Waals surface area (Å²) in [5.41, 5.74) is 7.91. The number of nitrogens with one attached hydrogen (secondary N) is 4. The first-order valence-electron chi connectivity index (χ1n) is 13.5. The number of hydrogen-bond acceptors (Lipinski definition) is 10. The smallest absolute Gasteiger partial charge is 0.251 e. The van der Waals surface area contributed by atoms with Gasteiger partial charge >= 0.3 is 0 Å². The predicted molar refractivity (Wildman–Crippen MR) is 155 cm³/mol. The van der Waals surface area contributed by atoms with Crippen molar-refractivity contribution in [3.05, 3.63) is 65.7 Å². The van der Waals surface area contributed by atoms with Gasteiger partial charge in [0.05, 0.1) is 26.4 Å². The zero-order valence-electron chi connectivity index (χ0n) is 22.6. The summed E-state index contributed by atoms with van der Waals surface area (Å²) in [6, 6.07) is 17.4. The minimum atomic E-state index is -0.169. The van der Waals surface area contributed by atoms with Crippen LogP contribution in [-0.4, -0.2) is 73.5 Å². The average molecular weight is 537 g/mol. The zero-order chi connectivity index (χ0) is 27.5. The number of ether oxygens (including phenoxy) is 2. The first-order valence-corrected chi connectivity index (χ1v) is 13.5. The summed E-state index contributed by atoms with van der Waals surface area (Å²) in [4.78, 5) is 26.0. The Balaban J connectivity index is 1.52. The molecule has 0 radical (unpaired) electrons. The van der Waals surface area contributed by atoms with E-state index in [1.165, 1.54) is 5.56 Å². The average Bonchev–Trinajstić information content (AvgIpc) is 2.95. The first-order chi connectivity index (χ1) is 19.2. The fourth-order valence-corrected chi connectivity index (χ4v) is 3.51. The maximum absolute atomic E-state index is 12.4. The van der Waals surface area contributed by atoms with Crippen molar-refractivity contribution in [3.63, 3.8) is 0 Å². The van der Waals surface area contributed by atoms with E-state index >= 15 is 0 Å². The van der Waals surface area contributed by atoms with Crippen LogP contribution in [0.1, 0.15) is 35.7 Å². The highest BCUT2D eigenvalue weighted by molar-refractivity contribution is 5.94. The van der Waals surface area contributed by atoms with Crippen molar-refractivity contribution in [1.82, 2.24) is 20.3 Å². The van der Waals surface area contributed by atoms with Crippen LogP contribution < -0.4 is 27.0 Å². The molecule has 0 aliphatic heterocycles. The van der Waals surface area contributed by atoms with Crippen molar-refractivity contribution >= 4 is 29.4 Å². The van der Waals surface area contributed by atoms with Crippen molar-refractivity contribution in [2.24, 2.45) is 5.73 Å². The number of hydrogen-bond donors (Lipinski definition) is 5. The Kier molecular flexibility index (Phi) is 13.5. The lowest BCUT2D eigenvalue weighted by molar-refractivity contribution is 0.0511. The molecule has 210 valence electrons. The maximum atomic E-state index is 12.4. The van der Waals surface area contributed by atoms with Gasteiger partial charge in [-0.05, 0) is 42.7 Å². The van der Waals surface area contributed by atoms with Crippen molar-refractivity contribution in [2.75, 3.05) is 68.6 Å². The molecule has 3 aromatic rings. The van der Waals surface area contributed by atoms with Gasteiger partial charge in [0.1, 0.15) is 0 Å². The Labute approximate surface area is 230 Å². The van der Waals surface area contributed by atoms with Gasteiger partial charge in [-0.2, -0.15) is 15.0 Å². The van der Waals surface area contributed by atoms with Crippen LogP contribution in [0.15, 0.2) is 54.6 Å². The van der Waals surface area contributed by atoms with Gasteiger partial charge in [-0.15, -0.1) is 0 Å². The molecule has 6 N–H and O–H groups in total. The van der Waals surface area contributed by atoms with E-state index in [-0.39, 0.29) is 5.91 Å². The second kappa shape index (κ2) is 17.7. The number of unbranched alkanes of at least 4 members (excludes halogenated alkanes) is 1. The molecule has 1 amide bonds. The lowest BCUT2D eigenvalue weighted by Crippen LogP contribution is -2.27. The quantitative estimate of drug-likeness (QED) is 0.145. The molecule has 0 aliphatic rings. The fourth-order valence-electron chi connectivity index (χ4n) is 3.51. The molecule has 39 heavy (non-hydrogen) atoms. The number of carbonyl (C=O) groups is 1. The number of nitrogens with two attached hydrogens (primary N) is 1. The van der Waals surface area contributed by atoms with E-state index in [0.717, 1.165) is 31.5 Å². The van der Waals surface area contributed by atoms with Gasteiger partial charge in [-0.25, -0.2) is 0 Å². The summed E-state index contributed by atoms with van der Waals surface area (Å²) >= 11 is 0. The summed E-state index contributed by atoms with van der Waals surface area (Å²) < 4.78 is 10.7. The fraction of sp³-hybridized carbons (Fsp3) is 0.429. The molecule has 2 aromatic carbocycles. The molecule has 0 atom stereocenters. The van der Waals surface area contributed by atoms with E-state index in [4.69, 9.17) is 15.2 Å². The molecule has 0 unspecified atom stereocenters. The summed E-state index contributed by atoms with van der Waals surface area (Å²) in [6.45, 7) is 6.39. The van der Waals surface area contributed by atoms with E-state index in [1.807, 2.05) is 30.3 Å².